The number of carbonyl (C=O) groups excluding carboxylic acids is 1. The lowest BCUT2D eigenvalue weighted by atomic mass is 9.73. The van der Waals surface area contributed by atoms with Crippen molar-refractivity contribution in [2.24, 2.45) is 22.2 Å². The fraction of sp³-hybridized carbons (Fsp3) is 0.545. The van der Waals surface area contributed by atoms with Crippen molar-refractivity contribution in [3.63, 3.8) is 0 Å². The first-order valence-corrected chi connectivity index (χ1v) is 15.2. The van der Waals surface area contributed by atoms with Crippen LogP contribution >= 0.6 is 23.2 Å². The molecule has 0 amide bonds. The number of methoxy groups -OCH3 is 1. The van der Waals surface area contributed by atoms with Gasteiger partial charge in [-0.15, -0.1) is 5.73 Å². The predicted octanol–water partition coefficient (Wildman–Crippen LogP) is 7.61. The molecule has 1 saturated carbocycles. The average molecular weight is 602 g/mol. The summed E-state index contributed by atoms with van der Waals surface area (Å²) < 4.78 is 4.94. The standard InChI is InChI=1S/C33H42Cl2N2O4/c1-7-21-15-20(2)18-33(19-21)36-29(24-16-28(38)26(35)17-25(24)34)30(39)37(33)27(13-14-32(3,4)5)22-9-8-10-23(12-11-22)31(40)41-6/h9-12,16-17,20-21,27,30,38-39H,7,13-15,18-19H2,1-6H3. The number of aliphatic hydroxyl groups is 1. The van der Waals surface area contributed by atoms with Gasteiger partial charge in [0.25, 0.3) is 0 Å². The lowest BCUT2D eigenvalue weighted by Crippen LogP contribution is -2.57. The third-order valence-electron chi connectivity index (χ3n) is 8.49. The molecule has 1 fully saturated rings. The zero-order chi connectivity index (χ0) is 30.1. The number of esters is 1. The zero-order valence-corrected chi connectivity index (χ0v) is 26.4. The van der Waals surface area contributed by atoms with Crippen LogP contribution < -0.4 is 0 Å². The second-order valence-electron chi connectivity index (χ2n) is 12.9. The Hall–Kier alpha value is -2.34. The van der Waals surface area contributed by atoms with Gasteiger partial charge in [-0.25, -0.2) is 9.69 Å². The van der Waals surface area contributed by atoms with Crippen LogP contribution in [0.5, 0.6) is 5.75 Å². The Kier molecular flexibility index (Phi) is 9.62. The van der Waals surface area contributed by atoms with Crippen molar-refractivity contribution in [2.75, 3.05) is 7.11 Å². The van der Waals surface area contributed by atoms with Gasteiger partial charge in [0.15, 0.2) is 6.23 Å². The first kappa shape index (κ1) is 31.6. The first-order chi connectivity index (χ1) is 19.3. The Morgan fingerprint density at radius 2 is 1.95 bits per heavy atom. The molecule has 1 aromatic carbocycles. The van der Waals surface area contributed by atoms with Crippen LogP contribution in [0, 0.1) is 17.3 Å². The van der Waals surface area contributed by atoms with Gasteiger partial charge in [-0.2, -0.15) is 0 Å². The second kappa shape index (κ2) is 12.5. The van der Waals surface area contributed by atoms with E-state index in [1.807, 2.05) is 12.2 Å². The van der Waals surface area contributed by atoms with Crippen molar-refractivity contribution in [3.8, 4) is 5.75 Å². The molecule has 4 rings (SSSR count). The van der Waals surface area contributed by atoms with E-state index >= 15 is 0 Å². The van der Waals surface area contributed by atoms with Crippen LogP contribution in [0.4, 0.5) is 0 Å². The normalized spacial score (nSPS) is 27.3. The predicted molar refractivity (Wildman–Crippen MR) is 165 cm³/mol. The number of rotatable bonds is 7. The maximum atomic E-state index is 12.3. The Balaban J connectivity index is 1.89. The molecule has 5 atom stereocenters. The van der Waals surface area contributed by atoms with E-state index in [2.05, 4.69) is 45.2 Å². The molecule has 6 nitrogen and oxygen atoms in total. The number of hydrogen-bond donors (Lipinski definition) is 2. The first-order valence-electron chi connectivity index (χ1n) is 14.5. The average Bonchev–Trinajstić information content (AvgIpc) is 3.04. The summed E-state index contributed by atoms with van der Waals surface area (Å²) in [5.41, 5.74) is 4.78. The molecule has 0 aromatic heterocycles. The molecular formula is C33H42Cl2N2O4. The minimum atomic E-state index is -1.08. The van der Waals surface area contributed by atoms with Gasteiger partial charge in [-0.05, 0) is 85.3 Å². The van der Waals surface area contributed by atoms with Gasteiger partial charge in [0, 0.05) is 11.6 Å². The topological polar surface area (TPSA) is 82.4 Å². The van der Waals surface area contributed by atoms with Gasteiger partial charge < -0.3 is 14.9 Å². The summed E-state index contributed by atoms with van der Waals surface area (Å²) in [4.78, 5) is 19.8. The van der Waals surface area contributed by atoms with Gasteiger partial charge in [0.2, 0.25) is 0 Å². The zero-order valence-electron chi connectivity index (χ0n) is 24.9. The van der Waals surface area contributed by atoms with Crippen LogP contribution in [-0.4, -0.2) is 51.8 Å². The van der Waals surface area contributed by atoms with Crippen LogP contribution in [0.2, 0.25) is 10.0 Å². The Morgan fingerprint density at radius 1 is 1.22 bits per heavy atom. The van der Waals surface area contributed by atoms with Crippen LogP contribution in [0.15, 0.2) is 58.3 Å². The van der Waals surface area contributed by atoms with E-state index < -0.39 is 17.9 Å². The molecule has 41 heavy (non-hydrogen) atoms. The number of allylic oxidation sites excluding steroid dienone is 2. The number of phenols is 1. The Bertz CT molecular complexity index is 1340. The highest BCUT2D eigenvalue weighted by Crippen LogP contribution is 2.49. The molecule has 1 heterocycles. The quantitative estimate of drug-likeness (QED) is 0.248. The van der Waals surface area contributed by atoms with E-state index in [0.717, 1.165) is 44.1 Å². The number of nitrogens with zero attached hydrogens (tertiary/aromatic N) is 2. The summed E-state index contributed by atoms with van der Waals surface area (Å²) in [5, 5.41) is 23.1. The van der Waals surface area contributed by atoms with E-state index in [1.54, 1.807) is 12.2 Å². The van der Waals surface area contributed by atoms with Crippen molar-refractivity contribution in [1.82, 2.24) is 4.90 Å². The van der Waals surface area contributed by atoms with E-state index in [0.29, 0.717) is 33.7 Å². The van der Waals surface area contributed by atoms with Gasteiger partial charge in [0.1, 0.15) is 11.4 Å². The van der Waals surface area contributed by atoms with E-state index in [1.165, 1.54) is 19.2 Å². The molecule has 8 heteroatoms. The minimum absolute atomic E-state index is 0.0503. The van der Waals surface area contributed by atoms with Crippen molar-refractivity contribution < 1.29 is 19.7 Å². The number of aliphatic hydroxyl groups excluding tert-OH is 1. The fourth-order valence-electron chi connectivity index (χ4n) is 6.54. The highest BCUT2D eigenvalue weighted by Gasteiger charge is 2.54. The Labute approximate surface area is 254 Å². The number of hydrogen-bond acceptors (Lipinski definition) is 6. The number of halogens is 2. The van der Waals surface area contributed by atoms with Crippen LogP contribution in [-0.2, 0) is 9.53 Å². The highest BCUT2D eigenvalue weighted by molar-refractivity contribution is 6.38. The third kappa shape index (κ3) is 6.84. The van der Waals surface area contributed by atoms with Crippen molar-refractivity contribution in [2.45, 2.75) is 91.1 Å². The van der Waals surface area contributed by atoms with Gasteiger partial charge in [-0.3, -0.25) is 4.99 Å². The van der Waals surface area contributed by atoms with Gasteiger partial charge >= 0.3 is 5.97 Å². The molecule has 2 aliphatic carbocycles. The maximum absolute atomic E-state index is 12.3. The lowest BCUT2D eigenvalue weighted by molar-refractivity contribution is -0.135. The molecule has 2 N–H and O–H groups in total. The molecular weight excluding hydrogens is 559 g/mol. The number of aromatic hydroxyl groups is 1. The molecule has 1 aromatic rings. The number of ether oxygens (including phenoxy) is 1. The Morgan fingerprint density at radius 3 is 2.61 bits per heavy atom. The largest absolute Gasteiger partial charge is 0.506 e. The number of aliphatic imine (C=N–C) groups is 1. The molecule has 0 bridgehead atoms. The smallest absolute Gasteiger partial charge is 0.338 e. The minimum Gasteiger partial charge on any atom is -0.506 e. The second-order valence-corrected chi connectivity index (χ2v) is 13.7. The van der Waals surface area contributed by atoms with E-state index in [-0.39, 0.29) is 22.2 Å². The number of phenolic OH excluding ortho intramolecular Hbond substituents is 1. The molecule has 0 saturated heterocycles. The van der Waals surface area contributed by atoms with Crippen molar-refractivity contribution in [1.29, 1.82) is 0 Å². The SMILES string of the molecule is CCC1CC(C)CC2(C1)N=C(c1cc(O)c(Cl)cc1Cl)C(O)N2C(CCC(C)(C)C)C1=CC=C(C(=O)OC)C=C=C1. The summed E-state index contributed by atoms with van der Waals surface area (Å²) in [6, 6.07) is 2.76. The molecule has 222 valence electrons. The van der Waals surface area contributed by atoms with Gasteiger partial charge in [-0.1, -0.05) is 70.3 Å². The van der Waals surface area contributed by atoms with Crippen LogP contribution in [0.3, 0.4) is 0 Å². The summed E-state index contributed by atoms with van der Waals surface area (Å²) in [5.74, 6) is 0.301. The number of benzene rings is 1. The van der Waals surface area contributed by atoms with E-state index in [9.17, 15) is 15.0 Å². The molecule has 5 unspecified atom stereocenters. The molecule has 0 radical (unpaired) electrons. The van der Waals surface area contributed by atoms with Crippen molar-refractivity contribution in [3.05, 3.63) is 68.9 Å². The summed E-state index contributed by atoms with van der Waals surface area (Å²) in [6.07, 6.45) is 11.5. The van der Waals surface area contributed by atoms with Crippen LogP contribution in [0.1, 0.15) is 78.7 Å². The monoisotopic (exact) mass is 600 g/mol. The van der Waals surface area contributed by atoms with Crippen molar-refractivity contribution >= 4 is 34.9 Å². The molecule has 1 aliphatic heterocycles. The molecule has 1 spiro atoms. The lowest BCUT2D eigenvalue weighted by Gasteiger charge is -2.49. The fourth-order valence-corrected chi connectivity index (χ4v) is 7.02. The van der Waals surface area contributed by atoms with E-state index in [4.69, 9.17) is 32.9 Å². The highest BCUT2D eigenvalue weighted by atomic mass is 35.5. The summed E-state index contributed by atoms with van der Waals surface area (Å²) in [7, 11) is 1.36. The summed E-state index contributed by atoms with van der Waals surface area (Å²) in [6.45, 7) is 11.1. The maximum Gasteiger partial charge on any atom is 0.338 e. The number of carbonyl (C=O) groups is 1. The van der Waals surface area contributed by atoms with Crippen LogP contribution in [0.25, 0.3) is 0 Å². The summed E-state index contributed by atoms with van der Waals surface area (Å²) >= 11 is 12.8. The molecule has 3 aliphatic rings. The third-order valence-corrected chi connectivity index (χ3v) is 9.10. The van der Waals surface area contributed by atoms with Gasteiger partial charge in [0.05, 0.1) is 28.4 Å².